The van der Waals surface area contributed by atoms with Crippen molar-refractivity contribution in [2.75, 3.05) is 5.32 Å². The number of halogens is 1. The number of carbonyl (C=O) groups is 1. The van der Waals surface area contributed by atoms with E-state index in [4.69, 9.17) is 16.0 Å². The molecule has 98 valence electrons. The minimum atomic E-state index is -0.264. The molecule has 0 saturated heterocycles. The zero-order valence-electron chi connectivity index (χ0n) is 10.3. The van der Waals surface area contributed by atoms with Gasteiger partial charge < -0.3 is 4.42 Å². The first-order valence-electron chi connectivity index (χ1n) is 5.47. The van der Waals surface area contributed by atoms with Crippen molar-refractivity contribution in [3.05, 3.63) is 35.0 Å². The first-order chi connectivity index (χ1) is 9.04. The van der Waals surface area contributed by atoms with E-state index in [1.165, 1.54) is 6.92 Å². The largest absolute Gasteiger partial charge is 0.403 e. The number of nitrogens with zero attached hydrogens (tertiary/aromatic N) is 3. The third-order valence-electron chi connectivity index (χ3n) is 2.12. The van der Waals surface area contributed by atoms with E-state index >= 15 is 0 Å². The second-order valence-electron chi connectivity index (χ2n) is 3.77. The fraction of sp³-hybridized carbons (Fsp3) is 0.167. The number of oxazole rings is 1. The molecule has 0 aliphatic carbocycles. The molecular weight excluding hydrogens is 268 g/mol. The summed E-state index contributed by atoms with van der Waals surface area (Å²) in [6.45, 7) is 3.08. The van der Waals surface area contributed by atoms with E-state index in [1.54, 1.807) is 31.2 Å². The Balaban J connectivity index is 2.19. The molecule has 7 heteroatoms. The van der Waals surface area contributed by atoms with Crippen molar-refractivity contribution >= 4 is 35.1 Å². The van der Waals surface area contributed by atoms with Gasteiger partial charge in [-0.15, -0.1) is 10.2 Å². The minimum Gasteiger partial charge on any atom is -0.403 e. The van der Waals surface area contributed by atoms with Crippen molar-refractivity contribution in [3.8, 4) is 0 Å². The van der Waals surface area contributed by atoms with Gasteiger partial charge in [0.15, 0.2) is 0 Å². The van der Waals surface area contributed by atoms with Gasteiger partial charge in [-0.3, -0.25) is 10.1 Å². The van der Waals surface area contributed by atoms with Gasteiger partial charge in [0.2, 0.25) is 5.91 Å². The van der Waals surface area contributed by atoms with Crippen LogP contribution in [0.3, 0.4) is 0 Å². The summed E-state index contributed by atoms with van der Waals surface area (Å²) in [6, 6.07) is 7.05. The van der Waals surface area contributed by atoms with Gasteiger partial charge in [0.05, 0.1) is 5.69 Å². The van der Waals surface area contributed by atoms with Gasteiger partial charge in [-0.2, -0.15) is 4.98 Å². The van der Waals surface area contributed by atoms with Crippen molar-refractivity contribution in [3.63, 3.8) is 0 Å². The van der Waals surface area contributed by atoms with Crippen LogP contribution in [0.1, 0.15) is 12.6 Å². The standard InChI is InChI=1S/C12H11ClN4O2/c1-7-11(19-12(14-7)15-8(2)18)17-16-10-5-3-4-9(13)6-10/h3-6H,1-2H3,(H,14,15,18). The van der Waals surface area contributed by atoms with Crippen LogP contribution >= 0.6 is 11.6 Å². The molecule has 1 N–H and O–H groups in total. The van der Waals surface area contributed by atoms with E-state index in [9.17, 15) is 4.79 Å². The molecule has 0 bridgehead atoms. The van der Waals surface area contributed by atoms with Gasteiger partial charge in [0.1, 0.15) is 5.69 Å². The Hall–Kier alpha value is -2.21. The minimum absolute atomic E-state index is 0.102. The molecule has 0 aliphatic heterocycles. The van der Waals surface area contributed by atoms with Crippen molar-refractivity contribution in [2.45, 2.75) is 13.8 Å². The summed E-state index contributed by atoms with van der Waals surface area (Å²) in [5.41, 5.74) is 1.14. The van der Waals surface area contributed by atoms with Crippen LogP contribution in [0.5, 0.6) is 0 Å². The topological polar surface area (TPSA) is 79.9 Å². The van der Waals surface area contributed by atoms with Crippen molar-refractivity contribution in [2.24, 2.45) is 10.2 Å². The van der Waals surface area contributed by atoms with Crippen LogP contribution in [-0.2, 0) is 4.79 Å². The molecule has 0 unspecified atom stereocenters. The lowest BCUT2D eigenvalue weighted by molar-refractivity contribution is -0.114. The highest BCUT2D eigenvalue weighted by molar-refractivity contribution is 6.30. The number of carbonyl (C=O) groups excluding carboxylic acids is 1. The van der Waals surface area contributed by atoms with Crippen molar-refractivity contribution in [1.29, 1.82) is 0 Å². The van der Waals surface area contributed by atoms with E-state index in [-0.39, 0.29) is 17.8 Å². The molecule has 1 aromatic heterocycles. The number of rotatable bonds is 3. The highest BCUT2D eigenvalue weighted by Crippen LogP contribution is 2.26. The number of anilines is 1. The first-order valence-corrected chi connectivity index (χ1v) is 5.85. The first kappa shape index (κ1) is 13.2. The normalized spacial score (nSPS) is 10.9. The van der Waals surface area contributed by atoms with Crippen LogP contribution in [0.4, 0.5) is 17.6 Å². The number of aryl methyl sites for hydroxylation is 1. The fourth-order valence-corrected chi connectivity index (χ4v) is 1.51. The molecule has 2 rings (SSSR count). The maximum atomic E-state index is 10.9. The summed E-state index contributed by atoms with van der Waals surface area (Å²) >= 11 is 5.83. The molecule has 0 fully saturated rings. The Morgan fingerprint density at radius 3 is 2.89 bits per heavy atom. The molecule has 0 spiro atoms. The quantitative estimate of drug-likeness (QED) is 0.861. The maximum Gasteiger partial charge on any atom is 0.303 e. The maximum absolute atomic E-state index is 10.9. The predicted octanol–water partition coefficient (Wildman–Crippen LogP) is 4.01. The molecule has 1 aromatic carbocycles. The van der Waals surface area contributed by atoms with Gasteiger partial charge in [-0.1, -0.05) is 17.7 Å². The number of hydrogen-bond donors (Lipinski definition) is 1. The highest BCUT2D eigenvalue weighted by atomic mass is 35.5. The molecular formula is C12H11ClN4O2. The summed E-state index contributed by atoms with van der Waals surface area (Å²) in [4.78, 5) is 14.9. The van der Waals surface area contributed by atoms with E-state index in [2.05, 4.69) is 20.5 Å². The lowest BCUT2D eigenvalue weighted by Gasteiger charge is -1.92. The smallest absolute Gasteiger partial charge is 0.303 e. The lowest BCUT2D eigenvalue weighted by Crippen LogP contribution is -2.05. The number of aromatic nitrogens is 1. The molecule has 0 saturated carbocycles. The van der Waals surface area contributed by atoms with Gasteiger partial charge >= 0.3 is 6.01 Å². The van der Waals surface area contributed by atoms with Crippen LogP contribution in [0.15, 0.2) is 38.9 Å². The average molecular weight is 279 g/mol. The lowest BCUT2D eigenvalue weighted by atomic mass is 10.3. The molecule has 0 radical (unpaired) electrons. The number of nitrogens with one attached hydrogen (secondary N) is 1. The Bertz CT molecular complexity index is 636. The summed E-state index contributed by atoms with van der Waals surface area (Å²) < 4.78 is 5.24. The second kappa shape index (κ2) is 5.62. The van der Waals surface area contributed by atoms with Crippen LogP contribution < -0.4 is 5.32 Å². The van der Waals surface area contributed by atoms with E-state index in [1.807, 2.05) is 0 Å². The van der Waals surface area contributed by atoms with Crippen LogP contribution in [-0.4, -0.2) is 10.9 Å². The molecule has 19 heavy (non-hydrogen) atoms. The Morgan fingerprint density at radius 2 is 2.21 bits per heavy atom. The molecule has 6 nitrogen and oxygen atoms in total. The number of amides is 1. The van der Waals surface area contributed by atoms with Crippen molar-refractivity contribution in [1.82, 2.24) is 4.98 Å². The molecule has 0 aliphatic rings. The number of azo groups is 1. The number of benzene rings is 1. The number of hydrogen-bond acceptors (Lipinski definition) is 5. The van der Waals surface area contributed by atoms with Gasteiger partial charge in [-0.05, 0) is 25.1 Å². The Morgan fingerprint density at radius 1 is 1.42 bits per heavy atom. The summed E-state index contributed by atoms with van der Waals surface area (Å²) in [7, 11) is 0. The predicted molar refractivity (Wildman–Crippen MR) is 71.2 cm³/mol. The zero-order valence-corrected chi connectivity index (χ0v) is 11.1. The van der Waals surface area contributed by atoms with E-state index < -0.39 is 0 Å². The molecule has 2 aromatic rings. The second-order valence-corrected chi connectivity index (χ2v) is 4.21. The fourth-order valence-electron chi connectivity index (χ4n) is 1.33. The molecule has 0 atom stereocenters. The van der Waals surface area contributed by atoms with E-state index in [0.29, 0.717) is 16.4 Å². The van der Waals surface area contributed by atoms with Gasteiger partial charge in [0.25, 0.3) is 5.88 Å². The summed E-state index contributed by atoms with van der Waals surface area (Å²) in [6.07, 6.45) is 0. The van der Waals surface area contributed by atoms with Crippen LogP contribution in [0.2, 0.25) is 5.02 Å². The van der Waals surface area contributed by atoms with Gasteiger partial charge in [0, 0.05) is 11.9 Å². The molecule has 1 heterocycles. The van der Waals surface area contributed by atoms with Crippen LogP contribution in [0, 0.1) is 6.92 Å². The van der Waals surface area contributed by atoms with Crippen LogP contribution in [0.25, 0.3) is 0 Å². The zero-order chi connectivity index (χ0) is 13.8. The monoisotopic (exact) mass is 278 g/mol. The third kappa shape index (κ3) is 3.62. The molecule has 1 amide bonds. The van der Waals surface area contributed by atoms with Gasteiger partial charge in [-0.25, -0.2) is 0 Å². The summed E-state index contributed by atoms with van der Waals surface area (Å²) in [5, 5.41) is 10.9. The van der Waals surface area contributed by atoms with Crippen molar-refractivity contribution < 1.29 is 9.21 Å². The Labute approximate surface area is 114 Å². The Kier molecular flexibility index (Phi) is 3.91. The SMILES string of the molecule is CC(=O)Nc1nc(C)c(N=Nc2cccc(Cl)c2)o1. The third-order valence-corrected chi connectivity index (χ3v) is 2.35. The average Bonchev–Trinajstić information content (AvgIpc) is 2.66. The van der Waals surface area contributed by atoms with E-state index in [0.717, 1.165) is 0 Å². The summed E-state index contributed by atoms with van der Waals surface area (Å²) in [5.74, 6) is -0.0247. The highest BCUT2D eigenvalue weighted by Gasteiger charge is 2.09.